The number of benzene rings is 1. The molecule has 2 unspecified atom stereocenters. The van der Waals surface area contributed by atoms with Crippen molar-refractivity contribution < 1.29 is 14.3 Å². The molecule has 2 saturated heterocycles. The second-order valence-corrected chi connectivity index (χ2v) is 8.96. The van der Waals surface area contributed by atoms with Gasteiger partial charge in [0.1, 0.15) is 10.6 Å². The van der Waals surface area contributed by atoms with Gasteiger partial charge in [-0.1, -0.05) is 17.7 Å². The van der Waals surface area contributed by atoms with Crippen molar-refractivity contribution in [3.63, 3.8) is 0 Å². The van der Waals surface area contributed by atoms with Crippen molar-refractivity contribution in [2.45, 2.75) is 32.4 Å². The van der Waals surface area contributed by atoms with Crippen LogP contribution in [0.5, 0.6) is 0 Å². The molecule has 1 aromatic carbocycles. The third kappa shape index (κ3) is 3.50. The maximum Gasteiger partial charge on any atom is 0.339 e. The summed E-state index contributed by atoms with van der Waals surface area (Å²) in [5.74, 6) is 0.418. The lowest BCUT2D eigenvalue weighted by Gasteiger charge is -2.35. The number of carbonyl (C=O) groups excluding carboxylic acids is 2. The largest absolute Gasteiger partial charge is 0.462 e. The summed E-state index contributed by atoms with van der Waals surface area (Å²) in [4.78, 5) is 38.8. The predicted octanol–water partition coefficient (Wildman–Crippen LogP) is 3.25. The van der Waals surface area contributed by atoms with E-state index in [0.717, 1.165) is 17.7 Å². The minimum absolute atomic E-state index is 0.0568. The lowest BCUT2D eigenvalue weighted by Crippen LogP contribution is -2.50. The number of amides is 2. The van der Waals surface area contributed by atoms with E-state index in [0.29, 0.717) is 41.3 Å². The van der Waals surface area contributed by atoms with E-state index in [1.54, 1.807) is 12.3 Å². The molecule has 0 spiro atoms. The number of fused-ring (bicyclic) bond motifs is 3. The zero-order valence-electron chi connectivity index (χ0n) is 17.9. The number of hydrogen-bond donors (Lipinski definition) is 2. The summed E-state index contributed by atoms with van der Waals surface area (Å²) in [7, 11) is 0. The van der Waals surface area contributed by atoms with Crippen LogP contribution in [0.25, 0.3) is 10.2 Å². The highest BCUT2D eigenvalue weighted by Crippen LogP contribution is 2.40. The zero-order chi connectivity index (χ0) is 22.4. The Balaban J connectivity index is 1.38. The number of thiophene rings is 1. The Hall–Kier alpha value is -3.40. The topological polar surface area (TPSA) is 114 Å². The number of aryl methyl sites for hydroxylation is 1. The van der Waals surface area contributed by atoms with Gasteiger partial charge in [0.15, 0.2) is 0 Å². The fourth-order valence-electron chi connectivity index (χ4n) is 4.51. The summed E-state index contributed by atoms with van der Waals surface area (Å²) in [6, 6.07) is 7.80. The molecule has 2 amide bonds. The number of urea groups is 1. The Bertz CT molecular complexity index is 1190. The second-order valence-electron chi connectivity index (χ2n) is 8.10. The van der Waals surface area contributed by atoms with E-state index in [9.17, 15) is 9.59 Å². The van der Waals surface area contributed by atoms with Crippen molar-refractivity contribution >= 4 is 51.0 Å². The number of piperazine rings is 1. The van der Waals surface area contributed by atoms with E-state index < -0.39 is 5.97 Å². The first kappa shape index (κ1) is 20.5. The Morgan fingerprint density at radius 1 is 1.22 bits per heavy atom. The molecule has 2 bridgehead atoms. The summed E-state index contributed by atoms with van der Waals surface area (Å²) in [5.41, 5.74) is 8.35. The molecule has 3 N–H and O–H groups in total. The lowest BCUT2D eigenvalue weighted by molar-refractivity contribution is 0.0529. The molecule has 2 atom stereocenters. The number of nitrogens with two attached hydrogens (primary N) is 1. The molecule has 0 radical (unpaired) electrons. The molecule has 9 nitrogen and oxygen atoms in total. The van der Waals surface area contributed by atoms with Crippen molar-refractivity contribution in [3.8, 4) is 0 Å². The molecular weight excluding hydrogens is 428 g/mol. The van der Waals surface area contributed by atoms with Crippen LogP contribution in [0.3, 0.4) is 0 Å². The predicted molar refractivity (Wildman–Crippen MR) is 124 cm³/mol. The fraction of sp³-hybridized carbons (Fsp3) is 0.364. The van der Waals surface area contributed by atoms with E-state index in [4.69, 9.17) is 10.5 Å². The number of hydrogen-bond acceptors (Lipinski definition) is 8. The fourth-order valence-corrected chi connectivity index (χ4v) is 5.42. The number of nitrogens with one attached hydrogen (secondary N) is 1. The molecule has 2 fully saturated rings. The van der Waals surface area contributed by atoms with Crippen molar-refractivity contribution in [2.24, 2.45) is 0 Å². The van der Waals surface area contributed by atoms with E-state index in [1.165, 1.54) is 11.3 Å². The molecule has 2 aliphatic heterocycles. The number of likely N-dealkylation sites (tertiary alicyclic amines) is 1. The van der Waals surface area contributed by atoms with Crippen LogP contribution in [0.4, 0.5) is 22.2 Å². The molecule has 166 valence electrons. The van der Waals surface area contributed by atoms with Crippen LogP contribution >= 0.6 is 11.3 Å². The molecule has 10 heteroatoms. The highest BCUT2D eigenvalue weighted by molar-refractivity contribution is 7.17. The number of nitrogens with zero attached hydrogens (tertiary/aromatic N) is 4. The molecule has 4 heterocycles. The Kier molecular flexibility index (Phi) is 5.09. The number of carbonyl (C=O) groups is 2. The number of rotatable bonds is 4. The minimum atomic E-state index is -0.392. The first-order chi connectivity index (χ1) is 15.4. The van der Waals surface area contributed by atoms with Crippen LogP contribution in [-0.4, -0.2) is 58.6 Å². The number of aromatic nitrogens is 2. The molecule has 5 rings (SSSR count). The summed E-state index contributed by atoms with van der Waals surface area (Å²) in [5, 5.41) is 5.40. The van der Waals surface area contributed by atoms with Crippen LogP contribution in [0.15, 0.2) is 29.6 Å². The van der Waals surface area contributed by atoms with Crippen LogP contribution in [0.2, 0.25) is 0 Å². The van der Waals surface area contributed by atoms with E-state index >= 15 is 0 Å². The normalized spacial score (nSPS) is 19.6. The number of esters is 1. The van der Waals surface area contributed by atoms with Crippen LogP contribution in [0.1, 0.15) is 29.3 Å². The Morgan fingerprint density at radius 2 is 2.00 bits per heavy atom. The average molecular weight is 453 g/mol. The highest BCUT2D eigenvalue weighted by Gasteiger charge is 2.46. The molecule has 2 aromatic heterocycles. The second kappa shape index (κ2) is 7.94. The van der Waals surface area contributed by atoms with E-state index in [-0.39, 0.29) is 24.1 Å². The van der Waals surface area contributed by atoms with Crippen LogP contribution in [-0.2, 0) is 4.74 Å². The highest BCUT2D eigenvalue weighted by atomic mass is 32.1. The number of anilines is 3. The van der Waals surface area contributed by atoms with Crippen molar-refractivity contribution in [1.29, 1.82) is 0 Å². The molecule has 0 saturated carbocycles. The average Bonchev–Trinajstić information content (AvgIpc) is 3.48. The number of ether oxygens (including phenoxy) is 1. The van der Waals surface area contributed by atoms with Gasteiger partial charge in [0.2, 0.25) is 5.95 Å². The van der Waals surface area contributed by atoms with E-state index in [2.05, 4.69) is 20.2 Å². The lowest BCUT2D eigenvalue weighted by atomic mass is 10.2. The summed E-state index contributed by atoms with van der Waals surface area (Å²) in [6.45, 7) is 5.28. The maximum atomic E-state index is 12.9. The monoisotopic (exact) mass is 452 g/mol. The van der Waals surface area contributed by atoms with Gasteiger partial charge in [-0.05, 0) is 32.4 Å². The summed E-state index contributed by atoms with van der Waals surface area (Å²) in [6.07, 6.45) is 0.839. The SMILES string of the molecule is CCOC(=O)c1csc2nc(N)nc(N3CC4CC3CN4C(=O)Nc3ccc(C)cc3)c12. The minimum Gasteiger partial charge on any atom is -0.462 e. The van der Waals surface area contributed by atoms with Crippen molar-refractivity contribution in [3.05, 3.63) is 40.8 Å². The van der Waals surface area contributed by atoms with E-state index in [1.807, 2.05) is 36.1 Å². The smallest absolute Gasteiger partial charge is 0.339 e. The summed E-state index contributed by atoms with van der Waals surface area (Å²) >= 11 is 1.35. The molecular formula is C22H24N6O3S. The molecule has 32 heavy (non-hydrogen) atoms. The van der Waals surface area contributed by atoms with Gasteiger partial charge in [-0.2, -0.15) is 4.98 Å². The first-order valence-corrected chi connectivity index (χ1v) is 11.4. The van der Waals surface area contributed by atoms with Crippen LogP contribution in [0, 0.1) is 6.92 Å². The van der Waals surface area contributed by atoms with Crippen molar-refractivity contribution in [2.75, 3.05) is 35.6 Å². The zero-order valence-corrected chi connectivity index (χ0v) is 18.7. The van der Waals surface area contributed by atoms with Crippen LogP contribution < -0.4 is 16.0 Å². The third-order valence-corrected chi connectivity index (χ3v) is 6.88. The van der Waals surface area contributed by atoms with Gasteiger partial charge in [0.25, 0.3) is 0 Å². The third-order valence-electron chi connectivity index (χ3n) is 6.00. The van der Waals surface area contributed by atoms with Gasteiger partial charge in [0, 0.05) is 24.2 Å². The standard InChI is InChI=1S/C22H24N6O3S/c1-3-31-20(29)16-11-32-19-17(16)18(25-21(23)26-19)27-9-15-8-14(27)10-28(15)22(30)24-13-6-4-12(2)5-7-13/h4-7,11,14-15H,3,8-10H2,1-2H3,(H,24,30)(H2,23,25,26). The van der Waals surface area contributed by atoms with Gasteiger partial charge >= 0.3 is 12.0 Å². The number of nitrogen functional groups attached to an aromatic ring is 1. The molecule has 3 aromatic rings. The Morgan fingerprint density at radius 3 is 2.69 bits per heavy atom. The van der Waals surface area contributed by atoms with Crippen molar-refractivity contribution in [1.82, 2.24) is 14.9 Å². The van der Waals surface area contributed by atoms with Gasteiger partial charge in [0.05, 0.1) is 29.6 Å². The first-order valence-electron chi connectivity index (χ1n) is 10.6. The quantitative estimate of drug-likeness (QED) is 0.584. The molecule has 0 aliphatic carbocycles. The summed E-state index contributed by atoms with van der Waals surface area (Å²) < 4.78 is 5.22. The maximum absolute atomic E-state index is 12.9. The van der Waals surface area contributed by atoms with Gasteiger partial charge in [-0.3, -0.25) is 0 Å². The van der Waals surface area contributed by atoms with Gasteiger partial charge in [-0.15, -0.1) is 11.3 Å². The molecule has 2 aliphatic rings. The Labute approximate surface area is 189 Å². The van der Waals surface area contributed by atoms with Gasteiger partial charge in [-0.25, -0.2) is 14.6 Å². The van der Waals surface area contributed by atoms with Gasteiger partial charge < -0.3 is 25.6 Å².